The molecule has 1 aliphatic heterocycles. The minimum atomic E-state index is 0.0832. The van der Waals surface area contributed by atoms with Gasteiger partial charge in [0, 0.05) is 31.2 Å². The molecule has 2 N–H and O–H groups in total. The van der Waals surface area contributed by atoms with Crippen molar-refractivity contribution in [2.75, 3.05) is 12.3 Å². The Labute approximate surface area is 135 Å². The maximum Gasteiger partial charge on any atom is 0.256 e. The second kappa shape index (κ2) is 5.37. The fourth-order valence-corrected chi connectivity index (χ4v) is 3.22. The first-order chi connectivity index (χ1) is 11.1. The van der Waals surface area contributed by atoms with Crippen molar-refractivity contribution in [3.63, 3.8) is 0 Å². The molecule has 6 nitrogen and oxygen atoms in total. The van der Waals surface area contributed by atoms with Crippen LogP contribution in [0.3, 0.4) is 0 Å². The molecule has 1 saturated carbocycles. The van der Waals surface area contributed by atoms with E-state index in [1.807, 2.05) is 24.1 Å². The number of rotatable bonds is 3. The summed E-state index contributed by atoms with van der Waals surface area (Å²) >= 11 is 0. The van der Waals surface area contributed by atoms with E-state index in [1.54, 1.807) is 6.20 Å². The molecule has 1 aliphatic carbocycles. The predicted octanol–water partition coefficient (Wildman–Crippen LogP) is 1.78. The number of anilines is 1. The van der Waals surface area contributed by atoms with Gasteiger partial charge in [0.2, 0.25) is 5.95 Å². The molecular weight excluding hydrogens is 290 g/mol. The Balaban J connectivity index is 1.54. The van der Waals surface area contributed by atoms with Crippen LogP contribution in [0.25, 0.3) is 0 Å². The molecule has 0 spiro atoms. The lowest BCUT2D eigenvalue weighted by molar-refractivity contribution is 0.0731. The molecule has 120 valence electrons. The summed E-state index contributed by atoms with van der Waals surface area (Å²) in [5, 5.41) is 0. The highest BCUT2D eigenvalue weighted by molar-refractivity contribution is 5.95. The van der Waals surface area contributed by atoms with Crippen LogP contribution in [0, 0.1) is 12.8 Å². The number of carbonyl (C=O) groups excluding carboxylic acids is 1. The Bertz CT molecular complexity index is 762. The lowest BCUT2D eigenvalue weighted by Gasteiger charge is -2.28. The van der Waals surface area contributed by atoms with Gasteiger partial charge in [-0.2, -0.15) is 0 Å². The van der Waals surface area contributed by atoms with Crippen LogP contribution >= 0.6 is 0 Å². The second-order valence-corrected chi connectivity index (χ2v) is 6.59. The van der Waals surface area contributed by atoms with Gasteiger partial charge in [-0.1, -0.05) is 0 Å². The quantitative estimate of drug-likeness (QED) is 0.937. The van der Waals surface area contributed by atoms with E-state index in [1.165, 1.54) is 12.8 Å². The van der Waals surface area contributed by atoms with Crippen LogP contribution in [0.15, 0.2) is 18.5 Å². The molecule has 2 aromatic rings. The van der Waals surface area contributed by atoms with Crippen molar-refractivity contribution in [1.82, 2.24) is 19.4 Å². The van der Waals surface area contributed by atoms with Crippen molar-refractivity contribution in [2.45, 2.75) is 39.3 Å². The van der Waals surface area contributed by atoms with Gasteiger partial charge in [0.25, 0.3) is 5.91 Å². The largest absolute Gasteiger partial charge is 0.368 e. The Morgan fingerprint density at radius 3 is 3.04 bits per heavy atom. The average molecular weight is 311 g/mol. The summed E-state index contributed by atoms with van der Waals surface area (Å²) in [6.45, 7) is 4.28. The fourth-order valence-electron chi connectivity index (χ4n) is 3.22. The van der Waals surface area contributed by atoms with Gasteiger partial charge in [-0.25, -0.2) is 9.97 Å². The van der Waals surface area contributed by atoms with Crippen LogP contribution < -0.4 is 5.73 Å². The summed E-state index contributed by atoms with van der Waals surface area (Å²) in [7, 11) is 0. The highest BCUT2D eigenvalue weighted by Gasteiger charge is 2.27. The minimum Gasteiger partial charge on any atom is -0.368 e. The number of hydrogen-bond acceptors (Lipinski definition) is 4. The summed E-state index contributed by atoms with van der Waals surface area (Å²) in [5.74, 6) is 1.15. The van der Waals surface area contributed by atoms with E-state index in [0.29, 0.717) is 13.1 Å². The normalized spacial score (nSPS) is 17.2. The van der Waals surface area contributed by atoms with Gasteiger partial charge in [-0.05, 0) is 43.7 Å². The highest BCUT2D eigenvalue weighted by atomic mass is 16.2. The number of amides is 1. The molecule has 3 heterocycles. The van der Waals surface area contributed by atoms with Crippen molar-refractivity contribution in [3.05, 3.63) is 41.0 Å². The van der Waals surface area contributed by atoms with Gasteiger partial charge < -0.3 is 15.2 Å². The van der Waals surface area contributed by atoms with Gasteiger partial charge >= 0.3 is 0 Å². The number of fused-ring (bicyclic) bond motifs is 1. The van der Waals surface area contributed by atoms with Gasteiger partial charge in [-0.3, -0.25) is 4.79 Å². The van der Waals surface area contributed by atoms with E-state index >= 15 is 0 Å². The molecule has 23 heavy (non-hydrogen) atoms. The first kappa shape index (κ1) is 14.2. The number of nitrogen functional groups attached to an aromatic ring is 1. The Morgan fingerprint density at radius 1 is 1.43 bits per heavy atom. The molecule has 0 unspecified atom stereocenters. The van der Waals surface area contributed by atoms with Crippen LogP contribution in [0.5, 0.6) is 0 Å². The summed E-state index contributed by atoms with van der Waals surface area (Å²) in [6, 6.07) is 1.95. The first-order valence-corrected chi connectivity index (χ1v) is 8.17. The van der Waals surface area contributed by atoms with Crippen LogP contribution in [-0.2, 0) is 19.5 Å². The molecule has 0 atom stereocenters. The fraction of sp³-hybridized carbons (Fsp3) is 0.471. The second-order valence-electron chi connectivity index (χ2n) is 6.59. The monoisotopic (exact) mass is 311 g/mol. The smallest absolute Gasteiger partial charge is 0.256 e. The minimum absolute atomic E-state index is 0.0832. The lowest BCUT2D eigenvalue weighted by Crippen LogP contribution is -2.37. The topological polar surface area (TPSA) is 77.0 Å². The van der Waals surface area contributed by atoms with E-state index in [2.05, 4.69) is 14.5 Å². The third-order valence-corrected chi connectivity index (χ3v) is 4.88. The van der Waals surface area contributed by atoms with Crippen LogP contribution in [0.1, 0.15) is 40.2 Å². The van der Waals surface area contributed by atoms with Crippen LogP contribution in [-0.4, -0.2) is 31.9 Å². The highest BCUT2D eigenvalue weighted by Crippen LogP contribution is 2.31. The van der Waals surface area contributed by atoms with E-state index in [-0.39, 0.29) is 11.9 Å². The number of carbonyl (C=O) groups is 1. The number of hydrogen-bond donors (Lipinski definition) is 1. The number of nitrogens with two attached hydrogens (primary N) is 1. The van der Waals surface area contributed by atoms with Crippen molar-refractivity contribution in [3.8, 4) is 0 Å². The first-order valence-electron chi connectivity index (χ1n) is 8.17. The molecular formula is C17H21N5O. The summed E-state index contributed by atoms with van der Waals surface area (Å²) in [5.41, 5.74) is 9.49. The third-order valence-electron chi connectivity index (χ3n) is 4.88. The molecule has 0 aromatic carbocycles. The molecule has 1 fully saturated rings. The molecule has 2 aromatic heterocycles. The Morgan fingerprint density at radius 2 is 2.26 bits per heavy atom. The third kappa shape index (κ3) is 2.69. The zero-order chi connectivity index (χ0) is 16.0. The van der Waals surface area contributed by atoms with Crippen molar-refractivity contribution in [1.29, 1.82) is 0 Å². The van der Waals surface area contributed by atoms with Crippen molar-refractivity contribution >= 4 is 11.9 Å². The maximum absolute atomic E-state index is 12.9. The summed E-state index contributed by atoms with van der Waals surface area (Å²) < 4.78 is 2.21. The number of aromatic nitrogens is 3. The van der Waals surface area contributed by atoms with Crippen molar-refractivity contribution in [2.24, 2.45) is 5.92 Å². The van der Waals surface area contributed by atoms with Gasteiger partial charge in [0.1, 0.15) is 0 Å². The van der Waals surface area contributed by atoms with Gasteiger partial charge in [0.05, 0.1) is 17.8 Å². The molecule has 0 saturated heterocycles. The zero-order valence-corrected chi connectivity index (χ0v) is 13.3. The van der Waals surface area contributed by atoms with E-state index in [0.717, 1.165) is 41.4 Å². The maximum atomic E-state index is 12.9. The number of nitrogens with zero attached hydrogens (tertiary/aromatic N) is 4. The van der Waals surface area contributed by atoms with Gasteiger partial charge in [-0.15, -0.1) is 0 Å². The SMILES string of the molecule is Cc1c(C(=O)N2CCc3cnc(N)nc3C2)ccn1CC1CC1. The van der Waals surface area contributed by atoms with E-state index < -0.39 is 0 Å². The van der Waals surface area contributed by atoms with E-state index in [9.17, 15) is 4.79 Å². The molecule has 6 heteroatoms. The van der Waals surface area contributed by atoms with E-state index in [4.69, 9.17) is 5.73 Å². The summed E-state index contributed by atoms with van der Waals surface area (Å²) in [6.07, 6.45) is 7.22. The Kier molecular flexibility index (Phi) is 3.32. The lowest BCUT2D eigenvalue weighted by atomic mass is 10.1. The molecule has 4 rings (SSSR count). The predicted molar refractivity (Wildman–Crippen MR) is 86.8 cm³/mol. The molecule has 1 amide bonds. The van der Waals surface area contributed by atoms with Crippen LogP contribution in [0.4, 0.5) is 5.95 Å². The molecule has 0 bridgehead atoms. The molecule has 2 aliphatic rings. The zero-order valence-electron chi connectivity index (χ0n) is 13.3. The Hall–Kier alpha value is -2.37. The molecule has 0 radical (unpaired) electrons. The van der Waals surface area contributed by atoms with Crippen LogP contribution in [0.2, 0.25) is 0 Å². The van der Waals surface area contributed by atoms with Gasteiger partial charge in [0.15, 0.2) is 0 Å². The average Bonchev–Trinajstić information content (AvgIpc) is 3.29. The standard InChI is InChI=1S/C17H21N5O/c1-11-14(5-7-21(11)9-12-2-3-12)16(23)22-6-4-13-8-19-17(18)20-15(13)10-22/h5,7-8,12H,2-4,6,9-10H2,1H3,(H2,18,19,20). The van der Waals surface area contributed by atoms with Crippen molar-refractivity contribution < 1.29 is 4.79 Å². The summed E-state index contributed by atoms with van der Waals surface area (Å²) in [4.78, 5) is 23.0.